The Kier molecular flexibility index (Phi) is 6.92. The molecule has 0 aliphatic rings. The number of ether oxygens (including phenoxy) is 2. The van der Waals surface area contributed by atoms with E-state index in [1.807, 2.05) is 0 Å². The molecule has 0 unspecified atom stereocenters. The maximum absolute atomic E-state index is 12.6. The summed E-state index contributed by atoms with van der Waals surface area (Å²) in [6, 6.07) is 11.4. The molecule has 0 saturated heterocycles. The Bertz CT molecular complexity index is 795. The SMILES string of the molecule is COCCCNc1ccc(NS(=O)(=O)c2cc(Cl)ccc2OC)cc1. The molecule has 2 aromatic rings. The number of sulfonamides is 1. The lowest BCUT2D eigenvalue weighted by atomic mass is 10.3. The van der Waals surface area contributed by atoms with Crippen molar-refractivity contribution < 1.29 is 17.9 Å². The summed E-state index contributed by atoms with van der Waals surface area (Å²) in [6.45, 7) is 1.46. The molecule has 0 bridgehead atoms. The van der Waals surface area contributed by atoms with E-state index in [0.717, 1.165) is 18.7 Å². The third-order valence-corrected chi connectivity index (χ3v) is 5.04. The first-order chi connectivity index (χ1) is 12.0. The van der Waals surface area contributed by atoms with Crippen molar-refractivity contribution in [2.45, 2.75) is 11.3 Å². The van der Waals surface area contributed by atoms with Gasteiger partial charge in [0.25, 0.3) is 10.0 Å². The van der Waals surface area contributed by atoms with Crippen molar-refractivity contribution in [1.29, 1.82) is 0 Å². The van der Waals surface area contributed by atoms with Gasteiger partial charge in [-0.05, 0) is 48.9 Å². The average Bonchev–Trinajstić information content (AvgIpc) is 2.60. The number of rotatable bonds is 9. The number of halogens is 1. The minimum absolute atomic E-state index is 0.00994. The Balaban J connectivity index is 2.09. The van der Waals surface area contributed by atoms with Gasteiger partial charge < -0.3 is 14.8 Å². The second-order valence-electron chi connectivity index (χ2n) is 5.25. The van der Waals surface area contributed by atoms with Gasteiger partial charge >= 0.3 is 0 Å². The highest BCUT2D eigenvalue weighted by Crippen LogP contribution is 2.28. The first-order valence-electron chi connectivity index (χ1n) is 7.65. The molecule has 0 heterocycles. The predicted octanol–water partition coefficient (Wildman–Crippen LogP) is 3.60. The minimum atomic E-state index is -3.81. The summed E-state index contributed by atoms with van der Waals surface area (Å²) in [5, 5.41) is 3.55. The van der Waals surface area contributed by atoms with E-state index in [4.69, 9.17) is 21.1 Å². The van der Waals surface area contributed by atoms with Crippen LogP contribution in [-0.4, -0.2) is 35.8 Å². The van der Waals surface area contributed by atoms with Crippen LogP contribution in [0, 0.1) is 0 Å². The van der Waals surface area contributed by atoms with E-state index in [1.165, 1.54) is 19.2 Å². The number of nitrogens with one attached hydrogen (secondary N) is 2. The molecule has 8 heteroatoms. The Morgan fingerprint density at radius 3 is 2.36 bits per heavy atom. The van der Waals surface area contributed by atoms with Gasteiger partial charge in [0.2, 0.25) is 0 Å². The lowest BCUT2D eigenvalue weighted by Gasteiger charge is -2.12. The van der Waals surface area contributed by atoms with Crippen LogP contribution in [-0.2, 0) is 14.8 Å². The van der Waals surface area contributed by atoms with Gasteiger partial charge in [-0.1, -0.05) is 11.6 Å². The van der Waals surface area contributed by atoms with Crippen molar-refractivity contribution in [2.75, 3.05) is 37.4 Å². The summed E-state index contributed by atoms with van der Waals surface area (Å²) in [5.74, 6) is 0.230. The molecule has 6 nitrogen and oxygen atoms in total. The van der Waals surface area contributed by atoms with Crippen molar-refractivity contribution >= 4 is 33.0 Å². The minimum Gasteiger partial charge on any atom is -0.495 e. The van der Waals surface area contributed by atoms with Gasteiger partial charge in [-0.15, -0.1) is 0 Å². The zero-order valence-electron chi connectivity index (χ0n) is 14.1. The van der Waals surface area contributed by atoms with Crippen molar-refractivity contribution in [3.05, 3.63) is 47.5 Å². The van der Waals surface area contributed by atoms with Crippen LogP contribution in [0.2, 0.25) is 5.02 Å². The second kappa shape index (κ2) is 8.94. The van der Waals surface area contributed by atoms with E-state index >= 15 is 0 Å². The Hall–Kier alpha value is -1.96. The molecule has 0 aromatic heterocycles. The monoisotopic (exact) mass is 384 g/mol. The van der Waals surface area contributed by atoms with Gasteiger partial charge in [0.15, 0.2) is 0 Å². The number of hydrogen-bond donors (Lipinski definition) is 2. The fraction of sp³-hybridized carbons (Fsp3) is 0.294. The number of benzene rings is 2. The fourth-order valence-electron chi connectivity index (χ4n) is 2.18. The van der Waals surface area contributed by atoms with Gasteiger partial charge in [-0.3, -0.25) is 4.72 Å². The van der Waals surface area contributed by atoms with Crippen LogP contribution in [0.3, 0.4) is 0 Å². The van der Waals surface area contributed by atoms with Gasteiger partial charge in [-0.2, -0.15) is 0 Å². The average molecular weight is 385 g/mol. The third kappa shape index (κ3) is 5.52. The maximum atomic E-state index is 12.6. The van der Waals surface area contributed by atoms with E-state index in [-0.39, 0.29) is 10.6 Å². The zero-order chi connectivity index (χ0) is 18.3. The summed E-state index contributed by atoms with van der Waals surface area (Å²) in [6.07, 6.45) is 0.888. The first kappa shape index (κ1) is 19.4. The lowest BCUT2D eigenvalue weighted by Crippen LogP contribution is -2.14. The second-order valence-corrected chi connectivity index (χ2v) is 7.34. The van der Waals surface area contributed by atoms with E-state index in [0.29, 0.717) is 17.3 Å². The molecule has 0 saturated carbocycles. The Morgan fingerprint density at radius 2 is 1.72 bits per heavy atom. The Morgan fingerprint density at radius 1 is 1.04 bits per heavy atom. The summed E-state index contributed by atoms with van der Waals surface area (Å²) < 4.78 is 37.8. The molecule has 2 N–H and O–H groups in total. The van der Waals surface area contributed by atoms with Crippen LogP contribution in [0.5, 0.6) is 5.75 Å². The molecule has 0 amide bonds. The van der Waals surface area contributed by atoms with Crippen LogP contribution in [0.4, 0.5) is 11.4 Å². The fourth-order valence-corrected chi connectivity index (χ4v) is 3.67. The van der Waals surface area contributed by atoms with E-state index in [2.05, 4.69) is 10.0 Å². The largest absolute Gasteiger partial charge is 0.495 e. The number of anilines is 2. The highest BCUT2D eigenvalue weighted by atomic mass is 35.5. The maximum Gasteiger partial charge on any atom is 0.265 e. The van der Waals surface area contributed by atoms with Crippen molar-refractivity contribution in [3.63, 3.8) is 0 Å². The highest BCUT2D eigenvalue weighted by molar-refractivity contribution is 7.92. The number of methoxy groups -OCH3 is 2. The van der Waals surface area contributed by atoms with Crippen LogP contribution in [0.1, 0.15) is 6.42 Å². The van der Waals surface area contributed by atoms with E-state index in [9.17, 15) is 8.42 Å². The lowest BCUT2D eigenvalue weighted by molar-refractivity contribution is 0.198. The number of hydrogen-bond acceptors (Lipinski definition) is 5. The third-order valence-electron chi connectivity index (χ3n) is 3.41. The topological polar surface area (TPSA) is 76.7 Å². The normalized spacial score (nSPS) is 11.2. The summed E-state index contributed by atoms with van der Waals surface area (Å²) in [7, 11) is -0.741. The van der Waals surface area contributed by atoms with Gasteiger partial charge in [0.05, 0.1) is 7.11 Å². The summed E-state index contributed by atoms with van der Waals surface area (Å²) in [4.78, 5) is -0.00994. The van der Waals surface area contributed by atoms with Crippen LogP contribution >= 0.6 is 11.6 Å². The molecule has 2 rings (SSSR count). The van der Waals surface area contributed by atoms with Crippen LogP contribution in [0.15, 0.2) is 47.4 Å². The molecule has 0 atom stereocenters. The van der Waals surface area contributed by atoms with E-state index in [1.54, 1.807) is 37.4 Å². The van der Waals surface area contributed by atoms with Gasteiger partial charge in [0.1, 0.15) is 10.6 Å². The molecule has 2 aromatic carbocycles. The molecule has 0 spiro atoms. The summed E-state index contributed by atoms with van der Waals surface area (Å²) >= 11 is 5.91. The Labute approximate surface area is 153 Å². The standard InChI is InChI=1S/C17H21ClN2O4S/c1-23-11-3-10-19-14-5-7-15(8-6-14)20-25(21,22)17-12-13(18)4-9-16(17)24-2/h4-9,12,19-20H,3,10-11H2,1-2H3. The van der Waals surface area contributed by atoms with E-state index < -0.39 is 10.0 Å². The summed E-state index contributed by atoms with van der Waals surface area (Å²) in [5.41, 5.74) is 1.35. The quantitative estimate of drug-likeness (QED) is 0.646. The smallest absolute Gasteiger partial charge is 0.265 e. The van der Waals surface area contributed by atoms with Gasteiger partial charge in [0, 0.05) is 36.7 Å². The molecule has 0 radical (unpaired) electrons. The molecular formula is C17H21ClN2O4S. The van der Waals surface area contributed by atoms with Crippen LogP contribution < -0.4 is 14.8 Å². The molecule has 0 fully saturated rings. The molecule has 136 valence electrons. The highest BCUT2D eigenvalue weighted by Gasteiger charge is 2.20. The van der Waals surface area contributed by atoms with Crippen molar-refractivity contribution in [3.8, 4) is 5.75 Å². The molecule has 0 aliphatic carbocycles. The molecule has 25 heavy (non-hydrogen) atoms. The molecule has 0 aliphatic heterocycles. The van der Waals surface area contributed by atoms with Crippen molar-refractivity contribution in [2.24, 2.45) is 0 Å². The van der Waals surface area contributed by atoms with Crippen molar-refractivity contribution in [1.82, 2.24) is 0 Å². The first-order valence-corrected chi connectivity index (χ1v) is 9.51. The van der Waals surface area contributed by atoms with Crippen LogP contribution in [0.25, 0.3) is 0 Å². The van der Waals surface area contributed by atoms with Gasteiger partial charge in [-0.25, -0.2) is 8.42 Å². The molecular weight excluding hydrogens is 364 g/mol. The predicted molar refractivity (Wildman–Crippen MR) is 100 cm³/mol. The zero-order valence-corrected chi connectivity index (χ0v) is 15.7.